The van der Waals surface area contributed by atoms with Crippen molar-refractivity contribution in [2.75, 3.05) is 6.61 Å². The fraction of sp³-hybridized carbons (Fsp3) is 0.444. The second kappa shape index (κ2) is 10.8. The average molecular weight is 465 g/mol. The molecule has 34 heavy (non-hydrogen) atoms. The molecule has 2 aromatic carbocycles. The zero-order chi connectivity index (χ0) is 24.1. The fourth-order valence-corrected chi connectivity index (χ4v) is 5.23. The van der Waals surface area contributed by atoms with E-state index in [1.54, 1.807) is 11.8 Å². The molecule has 4 unspecified atom stereocenters. The maximum atomic E-state index is 13.8. The summed E-state index contributed by atoms with van der Waals surface area (Å²) in [4.78, 5) is 40.3. The van der Waals surface area contributed by atoms with E-state index in [0.717, 1.165) is 29.5 Å². The number of carboxylic acid groups (broad SMARTS) is 1. The number of aryl methyl sites for hydroxylation is 1. The summed E-state index contributed by atoms with van der Waals surface area (Å²) in [6.07, 6.45) is 3.44. The maximum Gasteiger partial charge on any atom is 0.326 e. The Morgan fingerprint density at radius 1 is 1.12 bits per heavy atom. The second-order valence-electron chi connectivity index (χ2n) is 9.00. The van der Waals surface area contributed by atoms with E-state index < -0.39 is 30.1 Å². The number of fused-ring (bicyclic) bond motifs is 3. The van der Waals surface area contributed by atoms with E-state index in [9.17, 15) is 19.5 Å². The van der Waals surface area contributed by atoms with Gasteiger partial charge in [0.2, 0.25) is 5.91 Å². The van der Waals surface area contributed by atoms with Gasteiger partial charge >= 0.3 is 11.9 Å². The van der Waals surface area contributed by atoms with Crippen LogP contribution in [-0.2, 0) is 32.0 Å². The van der Waals surface area contributed by atoms with Gasteiger partial charge in [0.05, 0.1) is 18.7 Å². The van der Waals surface area contributed by atoms with E-state index in [1.165, 1.54) is 0 Å². The number of ether oxygens (including phenoxy) is 1. The summed E-state index contributed by atoms with van der Waals surface area (Å²) < 4.78 is 5.32. The molecule has 4 atom stereocenters. The Labute approximate surface area is 200 Å². The van der Waals surface area contributed by atoms with E-state index in [4.69, 9.17) is 4.74 Å². The number of rotatable bonds is 8. The molecule has 1 saturated heterocycles. The van der Waals surface area contributed by atoms with E-state index in [1.807, 2.05) is 54.6 Å². The highest BCUT2D eigenvalue weighted by Gasteiger charge is 2.44. The smallest absolute Gasteiger partial charge is 0.326 e. The highest BCUT2D eigenvalue weighted by Crippen LogP contribution is 2.39. The van der Waals surface area contributed by atoms with Gasteiger partial charge in [0.1, 0.15) is 12.1 Å². The van der Waals surface area contributed by atoms with Crippen molar-refractivity contribution in [3.63, 3.8) is 0 Å². The predicted octanol–water partition coefficient (Wildman–Crippen LogP) is 3.27. The molecule has 1 fully saturated rings. The molecule has 7 heteroatoms. The van der Waals surface area contributed by atoms with Crippen LogP contribution in [-0.4, -0.2) is 52.6 Å². The summed E-state index contributed by atoms with van der Waals surface area (Å²) in [6, 6.07) is 15.2. The standard InChI is InChI=1S/C27H32N2O5/c1-2-34-27(33)21(16-15-18-9-4-3-5-10-18)28-22-17-19-11-6-7-12-20(19)23-13-8-14-24(26(31)32)29(23)25(22)30/h3-7,9-12,21-24,28H,2,8,13-17H2,1H3,(H,31,32). The molecule has 2 heterocycles. The first kappa shape index (κ1) is 24.0. The van der Waals surface area contributed by atoms with Crippen molar-refractivity contribution in [1.29, 1.82) is 0 Å². The Bertz CT molecular complexity index is 1020. The van der Waals surface area contributed by atoms with Gasteiger partial charge in [-0.15, -0.1) is 0 Å². The number of benzene rings is 2. The van der Waals surface area contributed by atoms with Gasteiger partial charge in [0.25, 0.3) is 0 Å². The van der Waals surface area contributed by atoms with Crippen LogP contribution in [0.3, 0.4) is 0 Å². The minimum absolute atomic E-state index is 0.249. The molecule has 0 radical (unpaired) electrons. The monoisotopic (exact) mass is 464 g/mol. The second-order valence-corrected chi connectivity index (χ2v) is 9.00. The van der Waals surface area contributed by atoms with Gasteiger partial charge in [-0.25, -0.2) is 4.79 Å². The Hall–Kier alpha value is -3.19. The molecule has 7 nitrogen and oxygen atoms in total. The number of carbonyl (C=O) groups excluding carboxylic acids is 2. The van der Waals surface area contributed by atoms with E-state index in [2.05, 4.69) is 5.32 Å². The van der Waals surface area contributed by atoms with Gasteiger partial charge in [0, 0.05) is 0 Å². The maximum absolute atomic E-state index is 13.8. The zero-order valence-corrected chi connectivity index (χ0v) is 19.5. The third-order valence-corrected chi connectivity index (χ3v) is 6.84. The summed E-state index contributed by atoms with van der Waals surface area (Å²) in [5, 5.41) is 13.2. The van der Waals surface area contributed by atoms with E-state index in [0.29, 0.717) is 25.7 Å². The number of hydrogen-bond donors (Lipinski definition) is 2. The van der Waals surface area contributed by atoms with Crippen LogP contribution in [0.15, 0.2) is 54.6 Å². The number of amides is 1. The average Bonchev–Trinajstić information content (AvgIpc) is 2.97. The quantitative estimate of drug-likeness (QED) is 0.582. The van der Waals surface area contributed by atoms with Crippen LogP contribution in [0.2, 0.25) is 0 Å². The molecule has 2 aromatic rings. The SMILES string of the molecule is CCOC(=O)C(CCc1ccccc1)NC1Cc2ccccc2C2CCCC(C(=O)O)N2C1=O. The molecule has 0 bridgehead atoms. The van der Waals surface area contributed by atoms with Gasteiger partial charge < -0.3 is 14.7 Å². The van der Waals surface area contributed by atoms with Crippen molar-refractivity contribution >= 4 is 17.8 Å². The van der Waals surface area contributed by atoms with Crippen molar-refractivity contribution in [2.24, 2.45) is 0 Å². The van der Waals surface area contributed by atoms with Crippen LogP contribution < -0.4 is 5.32 Å². The van der Waals surface area contributed by atoms with Crippen molar-refractivity contribution in [1.82, 2.24) is 10.2 Å². The van der Waals surface area contributed by atoms with Crippen LogP contribution in [0.25, 0.3) is 0 Å². The molecular formula is C27H32N2O5. The first-order valence-corrected chi connectivity index (χ1v) is 12.1. The Morgan fingerprint density at radius 2 is 1.85 bits per heavy atom. The van der Waals surface area contributed by atoms with Crippen molar-refractivity contribution < 1.29 is 24.2 Å². The molecule has 2 N–H and O–H groups in total. The van der Waals surface area contributed by atoms with E-state index >= 15 is 0 Å². The molecule has 0 aromatic heterocycles. The Morgan fingerprint density at radius 3 is 2.59 bits per heavy atom. The van der Waals surface area contributed by atoms with E-state index in [-0.39, 0.29) is 18.6 Å². The predicted molar refractivity (Wildman–Crippen MR) is 127 cm³/mol. The molecular weight excluding hydrogens is 432 g/mol. The van der Waals surface area contributed by atoms with Gasteiger partial charge in [-0.2, -0.15) is 0 Å². The first-order valence-electron chi connectivity index (χ1n) is 12.1. The number of hydrogen-bond acceptors (Lipinski definition) is 5. The molecule has 4 rings (SSSR count). The number of nitrogens with one attached hydrogen (secondary N) is 1. The molecule has 2 aliphatic heterocycles. The number of nitrogens with zero attached hydrogens (tertiary/aromatic N) is 1. The van der Waals surface area contributed by atoms with Crippen LogP contribution >= 0.6 is 0 Å². The Balaban J connectivity index is 1.63. The van der Waals surface area contributed by atoms with Crippen molar-refractivity contribution in [2.45, 2.75) is 69.6 Å². The minimum Gasteiger partial charge on any atom is -0.480 e. The number of aliphatic carboxylic acids is 1. The van der Waals surface area contributed by atoms with Gasteiger partial charge in [0.15, 0.2) is 0 Å². The largest absolute Gasteiger partial charge is 0.480 e. The lowest BCUT2D eigenvalue weighted by Gasteiger charge is -2.41. The van der Waals surface area contributed by atoms with Crippen LogP contribution in [0.4, 0.5) is 0 Å². The lowest BCUT2D eigenvalue weighted by atomic mass is 9.89. The molecule has 2 aliphatic rings. The van der Waals surface area contributed by atoms with Gasteiger partial charge in [-0.05, 0) is 62.1 Å². The van der Waals surface area contributed by atoms with Crippen LogP contribution in [0, 0.1) is 0 Å². The summed E-state index contributed by atoms with van der Waals surface area (Å²) in [5.74, 6) is -1.64. The fourth-order valence-electron chi connectivity index (χ4n) is 5.23. The number of carbonyl (C=O) groups is 3. The topological polar surface area (TPSA) is 95.9 Å². The lowest BCUT2D eigenvalue weighted by Crippen LogP contribution is -2.57. The van der Waals surface area contributed by atoms with Crippen LogP contribution in [0.1, 0.15) is 55.3 Å². The third kappa shape index (κ3) is 5.14. The highest BCUT2D eigenvalue weighted by molar-refractivity contribution is 5.89. The summed E-state index contributed by atoms with van der Waals surface area (Å²) >= 11 is 0. The Kier molecular flexibility index (Phi) is 7.63. The number of carboxylic acids is 1. The highest BCUT2D eigenvalue weighted by atomic mass is 16.5. The number of piperidine rings is 1. The molecule has 180 valence electrons. The zero-order valence-electron chi connectivity index (χ0n) is 19.5. The number of esters is 1. The molecule has 0 spiro atoms. The third-order valence-electron chi connectivity index (χ3n) is 6.84. The summed E-state index contributed by atoms with van der Waals surface area (Å²) in [5.41, 5.74) is 3.11. The van der Waals surface area contributed by atoms with Gasteiger partial charge in [-0.1, -0.05) is 54.6 Å². The molecule has 0 saturated carbocycles. The van der Waals surface area contributed by atoms with Crippen LogP contribution in [0.5, 0.6) is 0 Å². The lowest BCUT2D eigenvalue weighted by molar-refractivity contribution is -0.156. The van der Waals surface area contributed by atoms with Crippen molar-refractivity contribution in [3.8, 4) is 0 Å². The van der Waals surface area contributed by atoms with Crippen molar-refractivity contribution in [3.05, 3.63) is 71.3 Å². The summed E-state index contributed by atoms with van der Waals surface area (Å²) in [6.45, 7) is 2.01. The molecule has 1 amide bonds. The minimum atomic E-state index is -0.984. The summed E-state index contributed by atoms with van der Waals surface area (Å²) in [7, 11) is 0. The first-order chi connectivity index (χ1) is 16.5. The van der Waals surface area contributed by atoms with Gasteiger partial charge in [-0.3, -0.25) is 14.9 Å². The molecule has 0 aliphatic carbocycles. The normalized spacial score (nSPS) is 22.8.